The fraction of sp³-hybridized carbons (Fsp3) is 0.231. The normalized spacial score (nSPS) is 11.4. The number of nitrogens with zero attached hydrogens (tertiary/aromatic N) is 4. The van der Waals surface area contributed by atoms with Crippen molar-refractivity contribution in [2.45, 2.75) is 6.92 Å². The molecule has 0 amide bonds. The monoisotopic (exact) mass is 273 g/mol. The van der Waals surface area contributed by atoms with E-state index in [9.17, 15) is 4.79 Å². The molecule has 7 heteroatoms. The third-order valence-electron chi connectivity index (χ3n) is 2.59. The molecule has 0 aliphatic rings. The third kappa shape index (κ3) is 2.82. The van der Waals surface area contributed by atoms with Crippen molar-refractivity contribution >= 4 is 11.5 Å². The second kappa shape index (κ2) is 5.96. The minimum Gasteiger partial charge on any atom is -0.462 e. The van der Waals surface area contributed by atoms with Gasteiger partial charge in [0.25, 0.3) is 0 Å². The molecule has 0 aromatic carbocycles. The second-order valence-corrected chi connectivity index (χ2v) is 3.99. The van der Waals surface area contributed by atoms with E-state index in [1.54, 1.807) is 24.0 Å². The molecule has 0 aliphatic carbocycles. The number of carbonyl (C=O) groups is 1. The number of hydrogen-bond donors (Lipinski definition) is 1. The SMILES string of the molecule is CCOC(=O)C(=CN)c1cnc(-c2cnn(C)c2)cn1. The summed E-state index contributed by atoms with van der Waals surface area (Å²) < 4.78 is 6.57. The van der Waals surface area contributed by atoms with Gasteiger partial charge in [-0.25, -0.2) is 4.79 Å². The topological polar surface area (TPSA) is 95.9 Å². The first-order chi connectivity index (χ1) is 9.65. The van der Waals surface area contributed by atoms with Crippen molar-refractivity contribution in [1.29, 1.82) is 0 Å². The maximum Gasteiger partial charge on any atom is 0.341 e. The third-order valence-corrected chi connectivity index (χ3v) is 2.59. The number of rotatable bonds is 4. The molecule has 2 N–H and O–H groups in total. The quantitative estimate of drug-likeness (QED) is 0.652. The van der Waals surface area contributed by atoms with Crippen LogP contribution in [0.25, 0.3) is 16.8 Å². The van der Waals surface area contributed by atoms with E-state index >= 15 is 0 Å². The highest BCUT2D eigenvalue weighted by Gasteiger charge is 2.14. The standard InChI is InChI=1S/C13H15N5O2/c1-3-20-13(19)10(4-14)12-7-15-11(6-16-12)9-5-17-18(2)8-9/h4-8H,3,14H2,1-2H3. The van der Waals surface area contributed by atoms with Crippen LogP contribution in [0.4, 0.5) is 0 Å². The summed E-state index contributed by atoms with van der Waals surface area (Å²) in [5.74, 6) is -0.515. The number of aryl methyl sites for hydroxylation is 1. The molecule has 2 aromatic heterocycles. The minimum absolute atomic E-state index is 0.192. The van der Waals surface area contributed by atoms with Crippen LogP contribution in [0.2, 0.25) is 0 Å². The van der Waals surface area contributed by atoms with Crippen LogP contribution in [0, 0.1) is 0 Å². The van der Waals surface area contributed by atoms with Crippen molar-refractivity contribution in [3.63, 3.8) is 0 Å². The molecule has 0 saturated heterocycles. The molecule has 0 unspecified atom stereocenters. The van der Waals surface area contributed by atoms with Crippen LogP contribution in [-0.2, 0) is 16.6 Å². The Labute approximate surface area is 116 Å². The number of hydrogen-bond acceptors (Lipinski definition) is 6. The fourth-order valence-electron chi connectivity index (χ4n) is 1.64. The second-order valence-electron chi connectivity index (χ2n) is 3.99. The van der Waals surface area contributed by atoms with Gasteiger partial charge in [0.15, 0.2) is 0 Å². The maximum absolute atomic E-state index is 11.7. The van der Waals surface area contributed by atoms with Crippen LogP contribution in [0.5, 0.6) is 0 Å². The van der Waals surface area contributed by atoms with Crippen molar-refractivity contribution in [2.75, 3.05) is 6.61 Å². The Morgan fingerprint density at radius 2 is 2.20 bits per heavy atom. The van der Waals surface area contributed by atoms with Crippen LogP contribution in [0.15, 0.2) is 31.0 Å². The minimum atomic E-state index is -0.515. The van der Waals surface area contributed by atoms with E-state index in [1.807, 2.05) is 13.2 Å². The number of nitrogens with two attached hydrogens (primary N) is 1. The number of esters is 1. The predicted molar refractivity (Wildman–Crippen MR) is 73.0 cm³/mol. The van der Waals surface area contributed by atoms with Gasteiger partial charge in [0, 0.05) is 25.0 Å². The maximum atomic E-state index is 11.7. The zero-order valence-electron chi connectivity index (χ0n) is 11.3. The van der Waals surface area contributed by atoms with E-state index in [-0.39, 0.29) is 12.2 Å². The van der Waals surface area contributed by atoms with E-state index in [4.69, 9.17) is 10.5 Å². The molecule has 0 saturated carbocycles. The Bertz CT molecular complexity index is 630. The van der Waals surface area contributed by atoms with Crippen LogP contribution < -0.4 is 5.73 Å². The van der Waals surface area contributed by atoms with E-state index in [0.717, 1.165) is 5.56 Å². The van der Waals surface area contributed by atoms with Crippen LogP contribution >= 0.6 is 0 Å². The molecular weight excluding hydrogens is 258 g/mol. The highest BCUT2D eigenvalue weighted by Crippen LogP contribution is 2.17. The first-order valence-corrected chi connectivity index (χ1v) is 6.06. The molecule has 0 fully saturated rings. The van der Waals surface area contributed by atoms with Gasteiger partial charge in [-0.1, -0.05) is 0 Å². The fourth-order valence-corrected chi connectivity index (χ4v) is 1.64. The lowest BCUT2D eigenvalue weighted by Gasteiger charge is -2.05. The van der Waals surface area contributed by atoms with Crippen LogP contribution in [-0.4, -0.2) is 32.3 Å². The summed E-state index contributed by atoms with van der Waals surface area (Å²) in [6.07, 6.45) is 7.74. The Morgan fingerprint density at radius 1 is 1.40 bits per heavy atom. The Balaban J connectivity index is 2.25. The lowest BCUT2D eigenvalue weighted by molar-refractivity contribution is -0.136. The van der Waals surface area contributed by atoms with Gasteiger partial charge in [0.2, 0.25) is 0 Å². The zero-order valence-corrected chi connectivity index (χ0v) is 11.3. The van der Waals surface area contributed by atoms with Gasteiger partial charge in [-0.05, 0) is 6.92 Å². The first kappa shape index (κ1) is 13.7. The summed E-state index contributed by atoms with van der Waals surface area (Å²) in [7, 11) is 1.82. The molecule has 2 heterocycles. The van der Waals surface area contributed by atoms with Crippen LogP contribution in [0.3, 0.4) is 0 Å². The van der Waals surface area contributed by atoms with Crippen molar-refractivity contribution in [2.24, 2.45) is 12.8 Å². The molecule has 2 rings (SSSR count). The van der Waals surface area contributed by atoms with Crippen molar-refractivity contribution in [3.8, 4) is 11.3 Å². The van der Waals surface area contributed by atoms with Gasteiger partial charge < -0.3 is 10.5 Å². The van der Waals surface area contributed by atoms with E-state index < -0.39 is 5.97 Å². The summed E-state index contributed by atoms with van der Waals surface area (Å²) in [5.41, 5.74) is 7.53. The number of aromatic nitrogens is 4. The van der Waals surface area contributed by atoms with Crippen molar-refractivity contribution < 1.29 is 9.53 Å². The Morgan fingerprint density at radius 3 is 2.70 bits per heavy atom. The van der Waals surface area contributed by atoms with Gasteiger partial charge in [-0.2, -0.15) is 5.10 Å². The average Bonchev–Trinajstić information content (AvgIpc) is 2.87. The highest BCUT2D eigenvalue weighted by molar-refractivity contribution is 6.15. The van der Waals surface area contributed by atoms with E-state index in [1.165, 1.54) is 12.4 Å². The molecule has 104 valence electrons. The Hall–Kier alpha value is -2.70. The molecular formula is C13H15N5O2. The van der Waals surface area contributed by atoms with Gasteiger partial charge in [-0.3, -0.25) is 14.6 Å². The van der Waals surface area contributed by atoms with Crippen molar-refractivity contribution in [3.05, 3.63) is 36.7 Å². The summed E-state index contributed by atoms with van der Waals surface area (Å²) in [6.45, 7) is 2.00. The molecule has 2 aromatic rings. The van der Waals surface area contributed by atoms with Gasteiger partial charge in [-0.15, -0.1) is 0 Å². The molecule has 0 atom stereocenters. The highest BCUT2D eigenvalue weighted by atomic mass is 16.5. The number of ether oxygens (including phenoxy) is 1. The lowest BCUT2D eigenvalue weighted by Crippen LogP contribution is -2.10. The first-order valence-electron chi connectivity index (χ1n) is 6.06. The van der Waals surface area contributed by atoms with E-state index in [0.29, 0.717) is 11.4 Å². The number of carbonyl (C=O) groups excluding carboxylic acids is 1. The van der Waals surface area contributed by atoms with Gasteiger partial charge in [0.05, 0.1) is 36.6 Å². The average molecular weight is 273 g/mol. The summed E-state index contributed by atoms with van der Waals surface area (Å²) in [4.78, 5) is 20.1. The lowest BCUT2D eigenvalue weighted by atomic mass is 10.2. The van der Waals surface area contributed by atoms with E-state index in [2.05, 4.69) is 15.1 Å². The molecule has 0 radical (unpaired) electrons. The predicted octanol–water partition coefficient (Wildman–Crippen LogP) is 0.740. The van der Waals surface area contributed by atoms with Crippen LogP contribution in [0.1, 0.15) is 12.6 Å². The largest absolute Gasteiger partial charge is 0.462 e. The molecule has 0 aliphatic heterocycles. The zero-order chi connectivity index (χ0) is 14.5. The molecule has 0 spiro atoms. The molecule has 0 bridgehead atoms. The smallest absolute Gasteiger partial charge is 0.341 e. The summed E-state index contributed by atoms with van der Waals surface area (Å²) in [6, 6.07) is 0. The van der Waals surface area contributed by atoms with Gasteiger partial charge in [0.1, 0.15) is 5.57 Å². The Kier molecular flexibility index (Phi) is 4.09. The molecule has 7 nitrogen and oxygen atoms in total. The molecule has 20 heavy (non-hydrogen) atoms. The summed E-state index contributed by atoms with van der Waals surface area (Å²) in [5, 5.41) is 4.06. The van der Waals surface area contributed by atoms with Gasteiger partial charge >= 0.3 is 5.97 Å². The summed E-state index contributed by atoms with van der Waals surface area (Å²) >= 11 is 0. The van der Waals surface area contributed by atoms with Crippen molar-refractivity contribution in [1.82, 2.24) is 19.7 Å².